The van der Waals surface area contributed by atoms with Crippen LogP contribution in [0.15, 0.2) is 12.7 Å². The van der Waals surface area contributed by atoms with E-state index in [9.17, 15) is 4.39 Å². The summed E-state index contributed by atoms with van der Waals surface area (Å²) in [5.41, 5.74) is 2.61. The first-order valence-corrected chi connectivity index (χ1v) is 9.30. The quantitative estimate of drug-likeness (QED) is 0.699. The van der Waals surface area contributed by atoms with Gasteiger partial charge < -0.3 is 9.80 Å². The predicted molar refractivity (Wildman–Crippen MR) is 98.6 cm³/mol. The first-order chi connectivity index (χ1) is 13.1. The van der Waals surface area contributed by atoms with E-state index in [1.807, 2.05) is 11.8 Å². The smallest absolute Gasteiger partial charge is 0.254 e. The first kappa shape index (κ1) is 16.3. The van der Waals surface area contributed by atoms with E-state index in [1.54, 1.807) is 4.52 Å². The van der Waals surface area contributed by atoms with E-state index < -0.39 is 0 Å². The van der Waals surface area contributed by atoms with Gasteiger partial charge in [0, 0.05) is 43.4 Å². The lowest BCUT2D eigenvalue weighted by molar-refractivity contribution is 0.565. The molecule has 0 bridgehead atoms. The zero-order valence-corrected chi connectivity index (χ0v) is 15.4. The first-order valence-electron chi connectivity index (χ1n) is 9.30. The third kappa shape index (κ3) is 2.68. The molecule has 1 aliphatic heterocycles. The van der Waals surface area contributed by atoms with Crippen molar-refractivity contribution in [1.29, 1.82) is 0 Å². The van der Waals surface area contributed by atoms with Crippen LogP contribution in [0.1, 0.15) is 35.7 Å². The molecule has 0 unspecified atom stereocenters. The van der Waals surface area contributed by atoms with E-state index in [1.165, 1.54) is 12.7 Å². The van der Waals surface area contributed by atoms with Crippen molar-refractivity contribution in [3.63, 3.8) is 0 Å². The van der Waals surface area contributed by atoms with Gasteiger partial charge in [-0.15, -0.1) is 0 Å². The second-order valence-electron chi connectivity index (χ2n) is 7.26. The number of anilines is 2. The normalized spacial score (nSPS) is 17.7. The molecule has 0 radical (unpaired) electrons. The Morgan fingerprint density at radius 2 is 1.70 bits per heavy atom. The summed E-state index contributed by atoms with van der Waals surface area (Å²) in [5, 5.41) is 4.33. The van der Waals surface area contributed by atoms with Gasteiger partial charge in [-0.1, -0.05) is 0 Å². The molecule has 2 aliphatic rings. The molecule has 8 nitrogen and oxygen atoms in total. The van der Waals surface area contributed by atoms with Gasteiger partial charge in [-0.25, -0.2) is 19.3 Å². The van der Waals surface area contributed by atoms with Crippen LogP contribution < -0.4 is 9.80 Å². The lowest BCUT2D eigenvalue weighted by Crippen LogP contribution is -2.48. The van der Waals surface area contributed by atoms with Crippen molar-refractivity contribution < 1.29 is 4.39 Å². The topological polar surface area (TPSA) is 75.3 Å². The Morgan fingerprint density at radius 3 is 2.44 bits per heavy atom. The largest absolute Gasteiger partial charge is 0.353 e. The fourth-order valence-corrected chi connectivity index (χ4v) is 3.75. The van der Waals surface area contributed by atoms with Crippen LogP contribution in [-0.2, 0) is 0 Å². The van der Waals surface area contributed by atoms with Crippen molar-refractivity contribution in [1.82, 2.24) is 29.5 Å². The van der Waals surface area contributed by atoms with Crippen LogP contribution in [-0.4, -0.2) is 55.7 Å². The number of halogens is 1. The van der Waals surface area contributed by atoms with Crippen LogP contribution >= 0.6 is 0 Å². The molecule has 0 amide bonds. The summed E-state index contributed by atoms with van der Waals surface area (Å²) >= 11 is 0. The summed E-state index contributed by atoms with van der Waals surface area (Å²) in [4.78, 5) is 21.4. The van der Waals surface area contributed by atoms with Crippen molar-refractivity contribution in [2.45, 2.75) is 32.6 Å². The summed E-state index contributed by atoms with van der Waals surface area (Å²) < 4.78 is 16.6. The van der Waals surface area contributed by atoms with Gasteiger partial charge >= 0.3 is 0 Å². The average molecular weight is 368 g/mol. The molecule has 1 saturated carbocycles. The van der Waals surface area contributed by atoms with Crippen LogP contribution in [0, 0.1) is 19.7 Å². The third-order valence-corrected chi connectivity index (χ3v) is 5.52. The molecule has 0 aromatic carbocycles. The maximum Gasteiger partial charge on any atom is 0.254 e. The number of hydrogen-bond donors (Lipinski definition) is 0. The van der Waals surface area contributed by atoms with Crippen LogP contribution in [0.5, 0.6) is 0 Å². The molecule has 1 aliphatic carbocycles. The Bertz CT molecular complexity index is 1000. The molecule has 3 aromatic heterocycles. The van der Waals surface area contributed by atoms with Crippen LogP contribution in [0.4, 0.5) is 16.0 Å². The number of aromatic nitrogens is 6. The molecular formula is C18H21FN8. The molecule has 0 atom stereocenters. The molecule has 0 N–H and O–H groups in total. The van der Waals surface area contributed by atoms with Crippen molar-refractivity contribution in [2.24, 2.45) is 0 Å². The Morgan fingerprint density at radius 1 is 0.963 bits per heavy atom. The van der Waals surface area contributed by atoms with Crippen molar-refractivity contribution in [3.8, 4) is 0 Å². The maximum atomic E-state index is 14.8. The molecule has 27 heavy (non-hydrogen) atoms. The second kappa shape index (κ2) is 6.11. The predicted octanol–water partition coefficient (Wildman–Crippen LogP) is 1.87. The Hall–Kier alpha value is -2.84. The molecule has 3 aromatic rings. The lowest BCUT2D eigenvalue weighted by Gasteiger charge is -2.37. The van der Waals surface area contributed by atoms with Crippen molar-refractivity contribution >= 4 is 17.4 Å². The highest BCUT2D eigenvalue weighted by Gasteiger charge is 2.32. The molecular weight excluding hydrogens is 347 g/mol. The number of hydrogen-bond acceptors (Lipinski definition) is 7. The zero-order valence-electron chi connectivity index (χ0n) is 15.4. The number of fused-ring (bicyclic) bond motifs is 1. The number of piperazine rings is 1. The monoisotopic (exact) mass is 368 g/mol. The fourth-order valence-electron chi connectivity index (χ4n) is 3.75. The zero-order chi connectivity index (χ0) is 18.5. The minimum atomic E-state index is -0.247. The SMILES string of the molecule is Cc1nc2ncnn2c(N2CCN(c3ncnc(C4CC4)c3F)CC2)c1C. The van der Waals surface area contributed by atoms with E-state index in [0.29, 0.717) is 30.4 Å². The van der Waals surface area contributed by atoms with Gasteiger partial charge in [0.1, 0.15) is 18.5 Å². The molecule has 140 valence electrons. The van der Waals surface area contributed by atoms with E-state index >= 15 is 0 Å². The average Bonchev–Trinajstić information content (AvgIpc) is 3.42. The number of nitrogens with zero attached hydrogens (tertiary/aromatic N) is 8. The van der Waals surface area contributed by atoms with Crippen molar-refractivity contribution in [2.75, 3.05) is 36.0 Å². The Balaban J connectivity index is 1.41. The highest BCUT2D eigenvalue weighted by molar-refractivity contribution is 5.55. The highest BCUT2D eigenvalue weighted by atomic mass is 19.1. The minimum absolute atomic E-state index is 0.247. The molecule has 0 spiro atoms. The molecule has 1 saturated heterocycles. The van der Waals surface area contributed by atoms with Gasteiger partial charge in [0.05, 0.1) is 5.69 Å². The second-order valence-corrected chi connectivity index (χ2v) is 7.26. The van der Waals surface area contributed by atoms with E-state index in [2.05, 4.69) is 36.9 Å². The fraction of sp³-hybridized carbons (Fsp3) is 0.500. The van der Waals surface area contributed by atoms with Gasteiger partial charge in [-0.2, -0.15) is 14.6 Å². The standard InChI is InChI=1S/C18H21FN8/c1-11-12(2)24-18-22-10-23-27(18)17(11)26-7-5-25(6-8-26)16-14(19)15(13-3-4-13)20-9-21-16/h9-10,13H,3-8H2,1-2H3. The van der Waals surface area contributed by atoms with Gasteiger partial charge in [-0.05, 0) is 26.7 Å². The lowest BCUT2D eigenvalue weighted by atomic mass is 10.2. The molecule has 4 heterocycles. The van der Waals surface area contributed by atoms with E-state index in [-0.39, 0.29) is 11.7 Å². The van der Waals surface area contributed by atoms with Gasteiger partial charge in [0.25, 0.3) is 5.78 Å². The third-order valence-electron chi connectivity index (χ3n) is 5.52. The van der Waals surface area contributed by atoms with Gasteiger partial charge in [-0.3, -0.25) is 0 Å². The summed E-state index contributed by atoms with van der Waals surface area (Å²) in [6, 6.07) is 0. The maximum absolute atomic E-state index is 14.8. The molecule has 2 fully saturated rings. The van der Waals surface area contributed by atoms with E-state index in [4.69, 9.17) is 0 Å². The van der Waals surface area contributed by atoms with Crippen molar-refractivity contribution in [3.05, 3.63) is 35.4 Å². The number of aryl methyl sites for hydroxylation is 1. The summed E-state index contributed by atoms with van der Waals surface area (Å²) in [6.07, 6.45) is 5.07. The number of rotatable bonds is 3. The van der Waals surface area contributed by atoms with Crippen LogP contribution in [0.3, 0.4) is 0 Å². The molecule has 9 heteroatoms. The van der Waals surface area contributed by atoms with Gasteiger partial charge in [0.2, 0.25) is 0 Å². The Kier molecular flexibility index (Phi) is 3.70. The van der Waals surface area contributed by atoms with E-state index in [0.717, 1.165) is 43.0 Å². The van der Waals surface area contributed by atoms with Crippen LogP contribution in [0.25, 0.3) is 5.78 Å². The highest BCUT2D eigenvalue weighted by Crippen LogP contribution is 2.41. The summed E-state index contributed by atoms with van der Waals surface area (Å²) in [5.74, 6) is 2.07. The summed E-state index contributed by atoms with van der Waals surface area (Å²) in [7, 11) is 0. The van der Waals surface area contributed by atoms with Crippen LogP contribution in [0.2, 0.25) is 0 Å². The van der Waals surface area contributed by atoms with Gasteiger partial charge in [0.15, 0.2) is 11.6 Å². The Labute approximate surface area is 156 Å². The minimum Gasteiger partial charge on any atom is -0.353 e. The molecule has 5 rings (SSSR count). The summed E-state index contributed by atoms with van der Waals surface area (Å²) in [6.45, 7) is 6.92.